The Balaban J connectivity index is 1.69. The summed E-state index contributed by atoms with van der Waals surface area (Å²) in [6.45, 7) is 4.59. The lowest BCUT2D eigenvalue weighted by molar-refractivity contribution is 0.145. The van der Waals surface area contributed by atoms with E-state index >= 15 is 0 Å². The highest BCUT2D eigenvalue weighted by molar-refractivity contribution is 5.44. The van der Waals surface area contributed by atoms with Crippen molar-refractivity contribution >= 4 is 11.8 Å². The number of aliphatic hydroxyl groups excluding tert-OH is 2. The normalized spacial score (nSPS) is 24.2. The van der Waals surface area contributed by atoms with Gasteiger partial charge >= 0.3 is 0 Å². The first kappa shape index (κ1) is 16.4. The van der Waals surface area contributed by atoms with Gasteiger partial charge < -0.3 is 20.0 Å². The molecule has 2 saturated heterocycles. The van der Waals surface area contributed by atoms with Crippen LogP contribution < -0.4 is 9.80 Å². The first-order chi connectivity index (χ1) is 11.2. The third kappa shape index (κ3) is 3.91. The highest BCUT2D eigenvalue weighted by Crippen LogP contribution is 2.21. The SMILES string of the molecule is CN1CCN(c2nccc(N3CCC(O)CC3)n2)C[C@@H]1CCO. The molecule has 0 unspecified atom stereocenters. The second kappa shape index (κ2) is 7.42. The summed E-state index contributed by atoms with van der Waals surface area (Å²) in [7, 11) is 2.11. The van der Waals surface area contributed by atoms with E-state index in [1.807, 2.05) is 12.3 Å². The predicted molar refractivity (Wildman–Crippen MR) is 89.8 cm³/mol. The number of piperazine rings is 1. The van der Waals surface area contributed by atoms with Crippen molar-refractivity contribution in [2.24, 2.45) is 0 Å². The molecule has 0 bridgehead atoms. The van der Waals surface area contributed by atoms with E-state index in [2.05, 4.69) is 26.7 Å². The molecule has 1 aromatic heterocycles. The Labute approximate surface area is 137 Å². The molecule has 2 aliphatic heterocycles. The van der Waals surface area contributed by atoms with Crippen LogP contribution in [-0.4, -0.2) is 83.6 Å². The van der Waals surface area contributed by atoms with Gasteiger partial charge in [-0.2, -0.15) is 4.98 Å². The number of hydrogen-bond donors (Lipinski definition) is 2. The molecule has 0 spiro atoms. The van der Waals surface area contributed by atoms with E-state index in [1.165, 1.54) is 0 Å². The van der Waals surface area contributed by atoms with Crippen LogP contribution >= 0.6 is 0 Å². The molecule has 1 aromatic rings. The van der Waals surface area contributed by atoms with Gasteiger partial charge in [-0.05, 0) is 32.4 Å². The Morgan fingerprint density at radius 1 is 1.17 bits per heavy atom. The summed E-state index contributed by atoms with van der Waals surface area (Å²) in [5.41, 5.74) is 0. The van der Waals surface area contributed by atoms with Gasteiger partial charge in [0.25, 0.3) is 0 Å². The maximum atomic E-state index is 9.64. The molecule has 7 nitrogen and oxygen atoms in total. The molecule has 2 fully saturated rings. The topological polar surface area (TPSA) is 76.0 Å². The third-order valence-electron chi connectivity index (χ3n) is 4.94. The summed E-state index contributed by atoms with van der Waals surface area (Å²) in [5.74, 6) is 1.71. The summed E-state index contributed by atoms with van der Waals surface area (Å²) < 4.78 is 0. The largest absolute Gasteiger partial charge is 0.396 e. The molecule has 7 heteroatoms. The third-order valence-corrected chi connectivity index (χ3v) is 4.94. The second-order valence-electron chi connectivity index (χ2n) is 6.53. The monoisotopic (exact) mass is 321 g/mol. The van der Waals surface area contributed by atoms with E-state index in [9.17, 15) is 10.2 Å². The number of anilines is 2. The molecular formula is C16H27N5O2. The Kier molecular flexibility index (Phi) is 5.30. The lowest BCUT2D eigenvalue weighted by Gasteiger charge is -2.39. The molecule has 3 rings (SSSR count). The van der Waals surface area contributed by atoms with Crippen molar-refractivity contribution in [3.8, 4) is 0 Å². The molecule has 2 N–H and O–H groups in total. The Morgan fingerprint density at radius 3 is 2.70 bits per heavy atom. The van der Waals surface area contributed by atoms with Gasteiger partial charge in [0.2, 0.25) is 5.95 Å². The average Bonchev–Trinajstić information content (AvgIpc) is 2.58. The van der Waals surface area contributed by atoms with E-state index in [1.54, 1.807) is 0 Å². The van der Waals surface area contributed by atoms with Crippen molar-refractivity contribution in [2.45, 2.75) is 31.4 Å². The van der Waals surface area contributed by atoms with Crippen LogP contribution in [0.25, 0.3) is 0 Å². The fraction of sp³-hybridized carbons (Fsp3) is 0.750. The van der Waals surface area contributed by atoms with Gasteiger partial charge in [-0.25, -0.2) is 4.98 Å². The molecule has 23 heavy (non-hydrogen) atoms. The zero-order chi connectivity index (χ0) is 16.2. The average molecular weight is 321 g/mol. The van der Waals surface area contributed by atoms with Crippen LogP contribution in [0.3, 0.4) is 0 Å². The van der Waals surface area contributed by atoms with Crippen LogP contribution in [0.5, 0.6) is 0 Å². The van der Waals surface area contributed by atoms with Crippen molar-refractivity contribution in [2.75, 3.05) is 56.2 Å². The number of aliphatic hydroxyl groups is 2. The van der Waals surface area contributed by atoms with E-state index in [0.29, 0.717) is 6.04 Å². The molecular weight excluding hydrogens is 294 g/mol. The lowest BCUT2D eigenvalue weighted by atomic mass is 10.1. The second-order valence-corrected chi connectivity index (χ2v) is 6.53. The van der Waals surface area contributed by atoms with E-state index in [-0.39, 0.29) is 12.7 Å². The molecule has 0 radical (unpaired) electrons. The first-order valence-electron chi connectivity index (χ1n) is 8.49. The molecule has 1 atom stereocenters. The minimum Gasteiger partial charge on any atom is -0.396 e. The van der Waals surface area contributed by atoms with Gasteiger partial charge in [0.15, 0.2) is 0 Å². The van der Waals surface area contributed by atoms with Crippen LogP contribution in [0.2, 0.25) is 0 Å². The number of likely N-dealkylation sites (N-methyl/N-ethyl adjacent to an activating group) is 1. The van der Waals surface area contributed by atoms with Crippen molar-refractivity contribution in [3.05, 3.63) is 12.3 Å². The predicted octanol–water partition coefficient (Wildman–Crippen LogP) is -0.0595. The minimum absolute atomic E-state index is 0.176. The van der Waals surface area contributed by atoms with Crippen molar-refractivity contribution in [1.29, 1.82) is 0 Å². The highest BCUT2D eigenvalue weighted by atomic mass is 16.3. The van der Waals surface area contributed by atoms with E-state index in [4.69, 9.17) is 4.98 Å². The summed E-state index contributed by atoms with van der Waals surface area (Å²) in [4.78, 5) is 15.9. The van der Waals surface area contributed by atoms with Gasteiger partial charge in [-0.1, -0.05) is 0 Å². The van der Waals surface area contributed by atoms with Gasteiger partial charge in [-0.15, -0.1) is 0 Å². The van der Waals surface area contributed by atoms with Gasteiger partial charge in [0, 0.05) is 51.6 Å². The first-order valence-corrected chi connectivity index (χ1v) is 8.49. The molecule has 128 valence electrons. The quantitative estimate of drug-likeness (QED) is 0.804. The summed E-state index contributed by atoms with van der Waals surface area (Å²) in [6.07, 6.45) is 4.02. The summed E-state index contributed by atoms with van der Waals surface area (Å²) in [5, 5.41) is 18.9. The van der Waals surface area contributed by atoms with E-state index < -0.39 is 0 Å². The molecule has 0 amide bonds. The number of hydrogen-bond acceptors (Lipinski definition) is 7. The number of piperidine rings is 1. The molecule has 0 aromatic carbocycles. The van der Waals surface area contributed by atoms with Gasteiger partial charge in [-0.3, -0.25) is 4.90 Å². The number of aromatic nitrogens is 2. The van der Waals surface area contributed by atoms with Crippen molar-refractivity contribution in [1.82, 2.24) is 14.9 Å². The Morgan fingerprint density at radius 2 is 1.96 bits per heavy atom. The van der Waals surface area contributed by atoms with Crippen LogP contribution in [0, 0.1) is 0 Å². The fourth-order valence-electron chi connectivity index (χ4n) is 3.35. The Hall–Kier alpha value is -1.44. The maximum Gasteiger partial charge on any atom is 0.227 e. The van der Waals surface area contributed by atoms with Crippen molar-refractivity contribution in [3.63, 3.8) is 0 Å². The van der Waals surface area contributed by atoms with Crippen LogP contribution in [0.4, 0.5) is 11.8 Å². The number of nitrogens with zero attached hydrogens (tertiary/aromatic N) is 5. The maximum absolute atomic E-state index is 9.64. The van der Waals surface area contributed by atoms with E-state index in [0.717, 1.165) is 63.8 Å². The molecule has 2 aliphatic rings. The molecule has 3 heterocycles. The fourth-order valence-corrected chi connectivity index (χ4v) is 3.35. The molecule has 0 aliphatic carbocycles. The van der Waals surface area contributed by atoms with Crippen LogP contribution in [-0.2, 0) is 0 Å². The molecule has 0 saturated carbocycles. The zero-order valence-corrected chi connectivity index (χ0v) is 13.8. The minimum atomic E-state index is -0.176. The summed E-state index contributed by atoms with van der Waals surface area (Å²) in [6, 6.07) is 2.29. The number of rotatable bonds is 4. The van der Waals surface area contributed by atoms with Crippen LogP contribution in [0.1, 0.15) is 19.3 Å². The lowest BCUT2D eigenvalue weighted by Crippen LogP contribution is -2.52. The zero-order valence-electron chi connectivity index (χ0n) is 13.8. The standard InChI is InChI=1S/C16H27N5O2/c1-19-9-10-21(12-13(19)5-11-22)16-17-6-2-15(18-16)20-7-3-14(23)4-8-20/h2,6,13-14,22-23H,3-5,7-12H2,1H3/t13-/m0/s1. The smallest absolute Gasteiger partial charge is 0.227 e. The Bertz CT molecular complexity index is 507. The van der Waals surface area contributed by atoms with Crippen molar-refractivity contribution < 1.29 is 10.2 Å². The van der Waals surface area contributed by atoms with Gasteiger partial charge in [0.1, 0.15) is 5.82 Å². The highest BCUT2D eigenvalue weighted by Gasteiger charge is 2.26. The van der Waals surface area contributed by atoms with Gasteiger partial charge in [0.05, 0.1) is 6.10 Å². The summed E-state index contributed by atoms with van der Waals surface area (Å²) >= 11 is 0. The van der Waals surface area contributed by atoms with Crippen LogP contribution in [0.15, 0.2) is 12.3 Å².